The number of hydrogen-bond donors (Lipinski definition) is 1. The molecule has 1 N–H and O–H groups in total. The average molecular weight is 238 g/mol. The van der Waals surface area contributed by atoms with Crippen molar-refractivity contribution in [1.29, 1.82) is 5.26 Å². The second-order valence-electron chi connectivity index (χ2n) is 3.89. The molecule has 2 aromatic rings. The molecule has 0 amide bonds. The first kappa shape index (κ1) is 12.0. The summed E-state index contributed by atoms with van der Waals surface area (Å²) in [6, 6.07) is 17.7. The van der Waals surface area contributed by atoms with Crippen LogP contribution in [0.1, 0.15) is 5.56 Å². The van der Waals surface area contributed by atoms with Crippen molar-refractivity contribution in [2.24, 2.45) is 0 Å². The zero-order chi connectivity index (χ0) is 12.8. The molecule has 0 aliphatic rings. The number of anilines is 2. The summed E-state index contributed by atoms with van der Waals surface area (Å²) in [4.78, 5) is 0. The van der Waals surface area contributed by atoms with E-state index in [1.807, 2.05) is 48.5 Å². The van der Waals surface area contributed by atoms with Crippen LogP contribution in [-0.4, -0.2) is 7.11 Å². The quantitative estimate of drug-likeness (QED) is 0.886. The molecule has 2 rings (SSSR count). The zero-order valence-corrected chi connectivity index (χ0v) is 10.2. The average Bonchev–Trinajstić information content (AvgIpc) is 2.42. The van der Waals surface area contributed by atoms with Crippen LogP contribution in [0.25, 0.3) is 0 Å². The highest BCUT2D eigenvalue weighted by atomic mass is 16.5. The number of nitriles is 1. The summed E-state index contributed by atoms with van der Waals surface area (Å²) < 4.78 is 5.17. The molecule has 0 fully saturated rings. The van der Waals surface area contributed by atoms with Crippen LogP contribution < -0.4 is 10.1 Å². The molecular weight excluding hydrogens is 224 g/mol. The van der Waals surface area contributed by atoms with Gasteiger partial charge in [0.15, 0.2) is 0 Å². The Hall–Kier alpha value is -2.47. The minimum absolute atomic E-state index is 0.444. The molecule has 0 unspecified atom stereocenters. The van der Waals surface area contributed by atoms with Gasteiger partial charge in [0.25, 0.3) is 0 Å². The van der Waals surface area contributed by atoms with Gasteiger partial charge in [-0.2, -0.15) is 5.26 Å². The molecule has 0 aliphatic carbocycles. The third-order valence-corrected chi connectivity index (χ3v) is 2.60. The SMILES string of the molecule is COc1cccc(Nc2ccc(CC#N)cc2)c1. The van der Waals surface area contributed by atoms with Crippen molar-refractivity contribution in [2.45, 2.75) is 6.42 Å². The van der Waals surface area contributed by atoms with Crippen molar-refractivity contribution >= 4 is 11.4 Å². The van der Waals surface area contributed by atoms with E-state index in [1.54, 1.807) is 7.11 Å². The predicted molar refractivity (Wildman–Crippen MR) is 72.0 cm³/mol. The van der Waals surface area contributed by atoms with Crippen molar-refractivity contribution in [2.75, 3.05) is 12.4 Å². The van der Waals surface area contributed by atoms with Crippen LogP contribution >= 0.6 is 0 Å². The van der Waals surface area contributed by atoms with Crippen LogP contribution in [0.15, 0.2) is 48.5 Å². The van der Waals surface area contributed by atoms with Gasteiger partial charge in [-0.25, -0.2) is 0 Å². The lowest BCUT2D eigenvalue weighted by molar-refractivity contribution is 0.415. The van der Waals surface area contributed by atoms with E-state index >= 15 is 0 Å². The van der Waals surface area contributed by atoms with Crippen LogP contribution in [-0.2, 0) is 6.42 Å². The Morgan fingerprint density at radius 1 is 1.11 bits per heavy atom. The topological polar surface area (TPSA) is 45.0 Å². The molecule has 0 atom stereocenters. The second-order valence-corrected chi connectivity index (χ2v) is 3.89. The summed E-state index contributed by atoms with van der Waals surface area (Å²) >= 11 is 0. The molecule has 0 spiro atoms. The minimum atomic E-state index is 0.444. The van der Waals surface area contributed by atoms with Crippen LogP contribution in [0.2, 0.25) is 0 Å². The minimum Gasteiger partial charge on any atom is -0.497 e. The lowest BCUT2D eigenvalue weighted by Gasteiger charge is -2.08. The van der Waals surface area contributed by atoms with E-state index in [-0.39, 0.29) is 0 Å². The van der Waals surface area contributed by atoms with Crippen molar-refractivity contribution in [1.82, 2.24) is 0 Å². The number of nitrogens with one attached hydrogen (secondary N) is 1. The monoisotopic (exact) mass is 238 g/mol. The molecule has 90 valence electrons. The van der Waals surface area contributed by atoms with E-state index in [9.17, 15) is 0 Å². The van der Waals surface area contributed by atoms with Gasteiger partial charge >= 0.3 is 0 Å². The van der Waals surface area contributed by atoms with Gasteiger partial charge in [-0.1, -0.05) is 18.2 Å². The maximum Gasteiger partial charge on any atom is 0.120 e. The highest BCUT2D eigenvalue weighted by molar-refractivity contribution is 5.61. The van der Waals surface area contributed by atoms with E-state index in [2.05, 4.69) is 11.4 Å². The summed E-state index contributed by atoms with van der Waals surface area (Å²) in [6.07, 6.45) is 0.444. The summed E-state index contributed by atoms with van der Waals surface area (Å²) in [5.41, 5.74) is 2.99. The predicted octanol–water partition coefficient (Wildman–Crippen LogP) is 3.50. The van der Waals surface area contributed by atoms with Crippen LogP contribution in [0.5, 0.6) is 5.75 Å². The van der Waals surface area contributed by atoms with E-state index in [1.165, 1.54) is 0 Å². The summed E-state index contributed by atoms with van der Waals surface area (Å²) in [7, 11) is 1.65. The van der Waals surface area contributed by atoms with Crippen LogP contribution in [0.4, 0.5) is 11.4 Å². The second kappa shape index (κ2) is 5.74. The highest BCUT2D eigenvalue weighted by Crippen LogP contribution is 2.21. The standard InChI is InChI=1S/C15H14N2O/c1-18-15-4-2-3-14(11-15)17-13-7-5-12(6-8-13)9-10-16/h2-8,11,17H,9H2,1H3. The fourth-order valence-electron chi connectivity index (χ4n) is 1.66. The van der Waals surface area contributed by atoms with E-state index in [4.69, 9.17) is 10.00 Å². The molecule has 0 radical (unpaired) electrons. The Morgan fingerprint density at radius 3 is 2.56 bits per heavy atom. The normalized spacial score (nSPS) is 9.56. The van der Waals surface area contributed by atoms with Crippen LogP contribution in [0, 0.1) is 11.3 Å². The highest BCUT2D eigenvalue weighted by Gasteiger charge is 1.97. The molecule has 2 aromatic carbocycles. The summed E-state index contributed by atoms with van der Waals surface area (Å²) in [6.45, 7) is 0. The van der Waals surface area contributed by atoms with E-state index < -0.39 is 0 Å². The number of methoxy groups -OCH3 is 1. The van der Waals surface area contributed by atoms with E-state index in [0.29, 0.717) is 6.42 Å². The van der Waals surface area contributed by atoms with Crippen molar-refractivity contribution in [3.63, 3.8) is 0 Å². The molecular formula is C15H14N2O. The third kappa shape index (κ3) is 3.02. The number of ether oxygens (including phenoxy) is 1. The Morgan fingerprint density at radius 2 is 1.89 bits per heavy atom. The Labute approximate surface area is 107 Å². The Balaban J connectivity index is 2.11. The van der Waals surface area contributed by atoms with Gasteiger partial charge in [0, 0.05) is 17.4 Å². The number of benzene rings is 2. The van der Waals surface area contributed by atoms with E-state index in [0.717, 1.165) is 22.7 Å². The van der Waals surface area contributed by atoms with Crippen molar-refractivity contribution in [3.05, 3.63) is 54.1 Å². The van der Waals surface area contributed by atoms with Gasteiger partial charge < -0.3 is 10.1 Å². The van der Waals surface area contributed by atoms with Crippen LogP contribution in [0.3, 0.4) is 0 Å². The number of rotatable bonds is 4. The Kier molecular flexibility index (Phi) is 3.83. The number of nitrogens with zero attached hydrogens (tertiary/aromatic N) is 1. The lowest BCUT2D eigenvalue weighted by atomic mass is 10.1. The van der Waals surface area contributed by atoms with Crippen molar-refractivity contribution in [3.8, 4) is 11.8 Å². The first-order chi connectivity index (χ1) is 8.81. The summed E-state index contributed by atoms with van der Waals surface area (Å²) in [5, 5.41) is 11.9. The molecule has 0 aromatic heterocycles. The molecule has 3 heteroatoms. The Bertz CT molecular complexity index is 555. The van der Waals surface area contributed by atoms with Gasteiger partial charge in [0.1, 0.15) is 5.75 Å². The third-order valence-electron chi connectivity index (χ3n) is 2.60. The maximum absolute atomic E-state index is 8.60. The molecule has 0 saturated carbocycles. The summed E-state index contributed by atoms with van der Waals surface area (Å²) in [5.74, 6) is 0.820. The first-order valence-corrected chi connectivity index (χ1v) is 5.69. The van der Waals surface area contributed by atoms with Gasteiger partial charge in [-0.05, 0) is 29.8 Å². The molecule has 0 heterocycles. The fourth-order valence-corrected chi connectivity index (χ4v) is 1.66. The molecule has 3 nitrogen and oxygen atoms in total. The van der Waals surface area contributed by atoms with Gasteiger partial charge in [0.2, 0.25) is 0 Å². The molecule has 0 aliphatic heterocycles. The fraction of sp³-hybridized carbons (Fsp3) is 0.133. The van der Waals surface area contributed by atoms with Gasteiger partial charge in [-0.3, -0.25) is 0 Å². The zero-order valence-electron chi connectivity index (χ0n) is 10.2. The molecule has 0 bridgehead atoms. The molecule has 0 saturated heterocycles. The lowest BCUT2D eigenvalue weighted by Crippen LogP contribution is -1.91. The van der Waals surface area contributed by atoms with Crippen molar-refractivity contribution < 1.29 is 4.74 Å². The largest absolute Gasteiger partial charge is 0.497 e. The number of hydrogen-bond acceptors (Lipinski definition) is 3. The van der Waals surface area contributed by atoms with Gasteiger partial charge in [-0.15, -0.1) is 0 Å². The first-order valence-electron chi connectivity index (χ1n) is 5.69. The molecule has 18 heavy (non-hydrogen) atoms. The maximum atomic E-state index is 8.60. The smallest absolute Gasteiger partial charge is 0.120 e. The van der Waals surface area contributed by atoms with Gasteiger partial charge in [0.05, 0.1) is 19.6 Å².